The summed E-state index contributed by atoms with van der Waals surface area (Å²) in [5.41, 5.74) is 1.46. The first-order chi connectivity index (χ1) is 10.3. The number of hydrogen-bond donors (Lipinski definition) is 1. The molecular formula is C19H31NO. The normalized spacial score (nSPS) is 22.8. The van der Waals surface area contributed by atoms with Gasteiger partial charge in [-0.25, -0.2) is 0 Å². The Morgan fingerprint density at radius 2 is 1.95 bits per heavy atom. The van der Waals surface area contributed by atoms with Gasteiger partial charge in [0.05, 0.1) is 6.10 Å². The smallest absolute Gasteiger partial charge is 0.0580 e. The minimum atomic E-state index is 0.543. The van der Waals surface area contributed by atoms with E-state index in [0.29, 0.717) is 12.1 Å². The summed E-state index contributed by atoms with van der Waals surface area (Å²) in [5.74, 6) is 0.867. The van der Waals surface area contributed by atoms with Crippen molar-refractivity contribution < 1.29 is 4.74 Å². The maximum absolute atomic E-state index is 5.68. The van der Waals surface area contributed by atoms with Crippen LogP contribution in [0.1, 0.15) is 51.5 Å². The third kappa shape index (κ3) is 5.80. The zero-order chi connectivity index (χ0) is 14.9. The number of ether oxygens (including phenoxy) is 1. The molecule has 0 spiro atoms. The molecule has 2 nitrogen and oxygen atoms in total. The van der Waals surface area contributed by atoms with Crippen molar-refractivity contribution in [1.29, 1.82) is 0 Å². The fourth-order valence-corrected chi connectivity index (χ4v) is 3.28. The average molecular weight is 289 g/mol. The van der Waals surface area contributed by atoms with Crippen molar-refractivity contribution in [2.24, 2.45) is 5.92 Å². The highest BCUT2D eigenvalue weighted by Gasteiger charge is 2.31. The molecule has 0 aliphatic heterocycles. The van der Waals surface area contributed by atoms with Crippen LogP contribution in [0.3, 0.4) is 0 Å². The highest BCUT2D eigenvalue weighted by molar-refractivity contribution is 5.14. The first kappa shape index (κ1) is 16.5. The molecule has 0 heterocycles. The minimum Gasteiger partial charge on any atom is -0.378 e. The lowest BCUT2D eigenvalue weighted by molar-refractivity contribution is -0.0292. The SMILES string of the molecule is CCCNC(CCc1ccccc1)CC1CC(OCC)C1. The Labute approximate surface area is 130 Å². The molecule has 1 atom stereocenters. The lowest BCUT2D eigenvalue weighted by atomic mass is 9.77. The second kappa shape index (κ2) is 9.22. The molecule has 1 N–H and O–H groups in total. The lowest BCUT2D eigenvalue weighted by Crippen LogP contribution is -2.38. The summed E-state index contributed by atoms with van der Waals surface area (Å²) < 4.78 is 5.68. The average Bonchev–Trinajstić information content (AvgIpc) is 2.48. The topological polar surface area (TPSA) is 21.3 Å². The maximum Gasteiger partial charge on any atom is 0.0580 e. The van der Waals surface area contributed by atoms with Gasteiger partial charge in [-0.2, -0.15) is 0 Å². The van der Waals surface area contributed by atoms with Crippen molar-refractivity contribution in [2.75, 3.05) is 13.2 Å². The Hall–Kier alpha value is -0.860. The molecule has 0 radical (unpaired) electrons. The predicted octanol–water partition coefficient (Wildman–Crippen LogP) is 4.19. The second-order valence-electron chi connectivity index (χ2n) is 6.33. The van der Waals surface area contributed by atoms with Gasteiger partial charge in [-0.3, -0.25) is 0 Å². The quantitative estimate of drug-likeness (QED) is 0.697. The molecule has 2 heteroatoms. The first-order valence-electron chi connectivity index (χ1n) is 8.70. The molecule has 0 saturated heterocycles. The van der Waals surface area contributed by atoms with Crippen LogP contribution >= 0.6 is 0 Å². The lowest BCUT2D eigenvalue weighted by Gasteiger charge is -2.37. The van der Waals surface area contributed by atoms with Gasteiger partial charge in [-0.05, 0) is 63.5 Å². The fraction of sp³-hybridized carbons (Fsp3) is 0.684. The van der Waals surface area contributed by atoms with Crippen LogP contribution in [0, 0.1) is 5.92 Å². The molecule has 2 rings (SSSR count). The van der Waals surface area contributed by atoms with Gasteiger partial charge in [0.25, 0.3) is 0 Å². The number of benzene rings is 1. The van der Waals surface area contributed by atoms with Crippen molar-refractivity contribution >= 4 is 0 Å². The van der Waals surface area contributed by atoms with E-state index in [1.165, 1.54) is 44.1 Å². The summed E-state index contributed by atoms with van der Waals surface area (Å²) >= 11 is 0. The predicted molar refractivity (Wildman–Crippen MR) is 89.6 cm³/mol. The van der Waals surface area contributed by atoms with Crippen LogP contribution in [0.4, 0.5) is 0 Å². The van der Waals surface area contributed by atoms with Crippen LogP contribution in [0.15, 0.2) is 30.3 Å². The van der Waals surface area contributed by atoms with Crippen molar-refractivity contribution in [3.63, 3.8) is 0 Å². The summed E-state index contributed by atoms with van der Waals surface area (Å²) in [6, 6.07) is 11.5. The van der Waals surface area contributed by atoms with E-state index < -0.39 is 0 Å². The van der Waals surface area contributed by atoms with Crippen molar-refractivity contribution in [1.82, 2.24) is 5.32 Å². The minimum absolute atomic E-state index is 0.543. The molecule has 21 heavy (non-hydrogen) atoms. The van der Waals surface area contributed by atoms with Crippen LogP contribution in [0.5, 0.6) is 0 Å². The van der Waals surface area contributed by atoms with E-state index in [-0.39, 0.29) is 0 Å². The number of rotatable bonds is 10. The van der Waals surface area contributed by atoms with Gasteiger partial charge in [-0.1, -0.05) is 37.3 Å². The molecule has 1 aromatic rings. The van der Waals surface area contributed by atoms with Gasteiger partial charge in [0.1, 0.15) is 0 Å². The molecule has 0 bridgehead atoms. The number of hydrogen-bond acceptors (Lipinski definition) is 2. The highest BCUT2D eigenvalue weighted by Crippen LogP contribution is 2.34. The van der Waals surface area contributed by atoms with E-state index in [4.69, 9.17) is 4.74 Å². The van der Waals surface area contributed by atoms with Gasteiger partial charge in [-0.15, -0.1) is 0 Å². The van der Waals surface area contributed by atoms with E-state index in [0.717, 1.165) is 19.1 Å². The highest BCUT2D eigenvalue weighted by atomic mass is 16.5. The summed E-state index contributed by atoms with van der Waals surface area (Å²) in [4.78, 5) is 0. The molecule has 118 valence electrons. The molecular weight excluding hydrogens is 258 g/mol. The standard InChI is InChI=1S/C19H31NO/c1-3-12-20-18(11-10-16-8-6-5-7-9-16)13-17-14-19(15-17)21-4-2/h5-9,17-20H,3-4,10-15H2,1-2H3. The third-order valence-corrected chi connectivity index (χ3v) is 4.52. The summed E-state index contributed by atoms with van der Waals surface area (Å²) in [5, 5.41) is 3.74. The van der Waals surface area contributed by atoms with Gasteiger partial charge in [0, 0.05) is 12.6 Å². The Morgan fingerprint density at radius 1 is 1.19 bits per heavy atom. The molecule has 1 aliphatic rings. The number of aryl methyl sites for hydroxylation is 1. The van der Waals surface area contributed by atoms with Crippen molar-refractivity contribution in [3.8, 4) is 0 Å². The molecule has 1 fully saturated rings. The van der Waals surface area contributed by atoms with E-state index in [9.17, 15) is 0 Å². The Kier molecular flexibility index (Phi) is 7.25. The van der Waals surface area contributed by atoms with Crippen LogP contribution in [0.2, 0.25) is 0 Å². The first-order valence-corrected chi connectivity index (χ1v) is 8.70. The summed E-state index contributed by atoms with van der Waals surface area (Å²) in [6.07, 6.45) is 8.04. The largest absolute Gasteiger partial charge is 0.378 e. The monoisotopic (exact) mass is 289 g/mol. The van der Waals surface area contributed by atoms with Crippen LogP contribution in [-0.2, 0) is 11.2 Å². The molecule has 0 amide bonds. The van der Waals surface area contributed by atoms with Crippen molar-refractivity contribution in [3.05, 3.63) is 35.9 Å². The Morgan fingerprint density at radius 3 is 2.62 bits per heavy atom. The Balaban J connectivity index is 1.73. The molecule has 0 aromatic heterocycles. The maximum atomic E-state index is 5.68. The fourth-order valence-electron chi connectivity index (χ4n) is 3.28. The third-order valence-electron chi connectivity index (χ3n) is 4.52. The Bertz CT molecular complexity index is 372. The van der Waals surface area contributed by atoms with Gasteiger partial charge < -0.3 is 10.1 Å². The zero-order valence-electron chi connectivity index (χ0n) is 13.7. The molecule has 1 unspecified atom stereocenters. The zero-order valence-corrected chi connectivity index (χ0v) is 13.7. The van der Waals surface area contributed by atoms with Crippen LogP contribution in [-0.4, -0.2) is 25.3 Å². The molecule has 1 aromatic carbocycles. The van der Waals surface area contributed by atoms with Crippen LogP contribution < -0.4 is 5.32 Å². The molecule has 1 aliphatic carbocycles. The molecule has 1 saturated carbocycles. The number of nitrogens with one attached hydrogen (secondary N) is 1. The van der Waals surface area contributed by atoms with Gasteiger partial charge >= 0.3 is 0 Å². The van der Waals surface area contributed by atoms with Crippen molar-refractivity contribution in [2.45, 2.75) is 64.5 Å². The van der Waals surface area contributed by atoms with E-state index in [1.54, 1.807) is 0 Å². The van der Waals surface area contributed by atoms with Gasteiger partial charge in [0.2, 0.25) is 0 Å². The van der Waals surface area contributed by atoms with E-state index in [2.05, 4.69) is 49.5 Å². The summed E-state index contributed by atoms with van der Waals surface area (Å²) in [6.45, 7) is 6.35. The van der Waals surface area contributed by atoms with E-state index >= 15 is 0 Å². The van der Waals surface area contributed by atoms with Crippen LogP contribution in [0.25, 0.3) is 0 Å². The van der Waals surface area contributed by atoms with E-state index in [1.807, 2.05) is 0 Å². The summed E-state index contributed by atoms with van der Waals surface area (Å²) in [7, 11) is 0. The van der Waals surface area contributed by atoms with Gasteiger partial charge in [0.15, 0.2) is 0 Å². The second-order valence-corrected chi connectivity index (χ2v) is 6.33.